The number of phosphoric ester groups is 2. The van der Waals surface area contributed by atoms with Crippen molar-refractivity contribution >= 4 is 39.5 Å². The lowest BCUT2D eigenvalue weighted by Gasteiger charge is -2.21. The molecule has 0 heterocycles. The SMILES string of the molecule is CC(C)CCCCCCCCCCCCCCCCCC(=O)O[C@H](COC(=O)CCCCCCCCC(C)C)COP(=O)(O)OCC(O)COP(=O)(O)OC[C@@H](COC(=O)CCCCCCCCCCCCCCC(C)C)OC(=O)CCCCCCCCC(C)C. The molecule has 0 fully saturated rings. The molecule has 91 heavy (non-hydrogen) atoms. The Morgan fingerprint density at radius 3 is 0.681 bits per heavy atom. The van der Waals surface area contributed by atoms with Gasteiger partial charge in [-0.3, -0.25) is 37.3 Å². The average molecular weight is 1340 g/mol. The lowest BCUT2D eigenvalue weighted by Crippen LogP contribution is -2.30. The van der Waals surface area contributed by atoms with Crippen LogP contribution >= 0.6 is 15.6 Å². The third-order valence-electron chi connectivity index (χ3n) is 16.6. The largest absolute Gasteiger partial charge is 0.472 e. The summed E-state index contributed by atoms with van der Waals surface area (Å²) in [7, 11) is -9.90. The fourth-order valence-corrected chi connectivity index (χ4v) is 12.4. The van der Waals surface area contributed by atoms with Crippen molar-refractivity contribution in [3.05, 3.63) is 0 Å². The molecular weight excluding hydrogens is 1200 g/mol. The molecular formula is C72H140O17P2. The van der Waals surface area contributed by atoms with E-state index in [9.17, 15) is 43.2 Å². The minimum atomic E-state index is -4.95. The molecule has 0 saturated heterocycles. The van der Waals surface area contributed by atoms with Crippen molar-refractivity contribution < 1.29 is 80.2 Å². The summed E-state index contributed by atoms with van der Waals surface area (Å²) in [6.07, 6.45) is 44.8. The molecule has 17 nitrogen and oxygen atoms in total. The quantitative estimate of drug-likeness (QED) is 0.0222. The molecule has 3 N–H and O–H groups in total. The van der Waals surface area contributed by atoms with Gasteiger partial charge in [0.2, 0.25) is 0 Å². The zero-order valence-corrected chi connectivity index (χ0v) is 61.3. The molecule has 0 bridgehead atoms. The van der Waals surface area contributed by atoms with Gasteiger partial charge in [-0.25, -0.2) is 9.13 Å². The van der Waals surface area contributed by atoms with Gasteiger partial charge in [0.1, 0.15) is 19.3 Å². The Morgan fingerprint density at radius 1 is 0.275 bits per heavy atom. The van der Waals surface area contributed by atoms with Gasteiger partial charge in [-0.05, 0) is 49.4 Å². The van der Waals surface area contributed by atoms with E-state index in [2.05, 4.69) is 55.4 Å². The zero-order chi connectivity index (χ0) is 67.5. The highest BCUT2D eigenvalue weighted by Gasteiger charge is 2.30. The number of rotatable bonds is 69. The molecule has 540 valence electrons. The van der Waals surface area contributed by atoms with E-state index in [1.807, 2.05) is 0 Å². The number of aliphatic hydroxyl groups is 1. The topological polar surface area (TPSA) is 237 Å². The smallest absolute Gasteiger partial charge is 0.462 e. The molecule has 5 atom stereocenters. The lowest BCUT2D eigenvalue weighted by molar-refractivity contribution is -0.161. The van der Waals surface area contributed by atoms with E-state index in [1.54, 1.807) is 0 Å². The van der Waals surface area contributed by atoms with Gasteiger partial charge in [-0.2, -0.15) is 0 Å². The van der Waals surface area contributed by atoms with E-state index in [4.69, 9.17) is 37.0 Å². The number of ether oxygens (including phenoxy) is 4. The summed E-state index contributed by atoms with van der Waals surface area (Å²) >= 11 is 0. The summed E-state index contributed by atoms with van der Waals surface area (Å²) in [4.78, 5) is 72.5. The van der Waals surface area contributed by atoms with Crippen LogP contribution < -0.4 is 0 Å². The molecule has 0 rings (SSSR count). The second kappa shape index (κ2) is 61.6. The number of aliphatic hydroxyl groups excluding tert-OH is 1. The van der Waals surface area contributed by atoms with Gasteiger partial charge in [0, 0.05) is 25.7 Å². The fourth-order valence-electron chi connectivity index (χ4n) is 10.8. The van der Waals surface area contributed by atoms with E-state index >= 15 is 0 Å². The molecule has 0 saturated carbocycles. The zero-order valence-electron chi connectivity index (χ0n) is 59.5. The van der Waals surface area contributed by atoms with Crippen LogP contribution in [0.5, 0.6) is 0 Å². The highest BCUT2D eigenvalue weighted by molar-refractivity contribution is 7.47. The Balaban J connectivity index is 5.17. The van der Waals surface area contributed by atoms with Crippen LogP contribution in [0.1, 0.15) is 357 Å². The van der Waals surface area contributed by atoms with Crippen LogP contribution in [0.2, 0.25) is 0 Å². The van der Waals surface area contributed by atoms with Crippen LogP contribution in [-0.4, -0.2) is 96.7 Å². The van der Waals surface area contributed by atoms with Crippen LogP contribution in [0.15, 0.2) is 0 Å². The van der Waals surface area contributed by atoms with Crippen LogP contribution in [-0.2, 0) is 65.4 Å². The van der Waals surface area contributed by atoms with Crippen molar-refractivity contribution in [1.29, 1.82) is 0 Å². The molecule has 0 aromatic rings. The predicted octanol–water partition coefficient (Wildman–Crippen LogP) is 20.5. The van der Waals surface area contributed by atoms with E-state index < -0.39 is 97.5 Å². The van der Waals surface area contributed by atoms with Gasteiger partial charge in [-0.1, -0.05) is 306 Å². The number of hydrogen-bond acceptors (Lipinski definition) is 15. The normalized spacial score (nSPS) is 14.2. The summed E-state index contributed by atoms with van der Waals surface area (Å²) in [6.45, 7) is 14.0. The first kappa shape index (κ1) is 89.1. The van der Waals surface area contributed by atoms with Gasteiger partial charge in [-0.15, -0.1) is 0 Å². The summed E-state index contributed by atoms with van der Waals surface area (Å²) in [5, 5.41) is 10.6. The van der Waals surface area contributed by atoms with E-state index in [0.29, 0.717) is 37.5 Å². The van der Waals surface area contributed by atoms with E-state index in [-0.39, 0.29) is 25.7 Å². The Kier molecular flexibility index (Phi) is 60.3. The number of unbranched alkanes of at least 4 members (excludes halogenated alkanes) is 35. The highest BCUT2D eigenvalue weighted by Crippen LogP contribution is 2.45. The molecule has 0 spiro atoms. The monoisotopic (exact) mass is 1340 g/mol. The lowest BCUT2D eigenvalue weighted by atomic mass is 10.0. The number of carbonyl (C=O) groups excluding carboxylic acids is 4. The number of phosphoric acid groups is 2. The second-order valence-electron chi connectivity index (χ2n) is 27.9. The Bertz CT molecular complexity index is 1800. The maximum atomic E-state index is 13.0. The summed E-state index contributed by atoms with van der Waals surface area (Å²) < 4.78 is 68.3. The number of carbonyl (C=O) groups is 4. The summed E-state index contributed by atoms with van der Waals surface area (Å²) in [5.41, 5.74) is 0. The number of esters is 4. The van der Waals surface area contributed by atoms with Gasteiger partial charge >= 0.3 is 39.5 Å². The minimum Gasteiger partial charge on any atom is -0.462 e. The fraction of sp³-hybridized carbons (Fsp3) is 0.944. The maximum Gasteiger partial charge on any atom is 0.472 e. The first-order chi connectivity index (χ1) is 43.6. The van der Waals surface area contributed by atoms with Gasteiger partial charge in [0.15, 0.2) is 12.2 Å². The molecule has 0 aliphatic heterocycles. The molecule has 0 aromatic carbocycles. The van der Waals surface area contributed by atoms with Gasteiger partial charge in [0.25, 0.3) is 0 Å². The highest BCUT2D eigenvalue weighted by atomic mass is 31.2. The molecule has 0 aliphatic rings. The predicted molar refractivity (Wildman–Crippen MR) is 367 cm³/mol. The van der Waals surface area contributed by atoms with Crippen LogP contribution in [0.25, 0.3) is 0 Å². The standard InChI is InChI=1S/C72H140O17P2/c1-62(2)48-40-32-24-20-16-12-10-9-11-13-19-23-27-38-46-54-71(76)88-67(59-83-70(75)53-45-37-30-28-34-42-50-64(5)6)60-86-90(78,79)84-56-66(73)57-85-91(80,81)87-61-68(89-72(77)55-47-39-31-29-35-43-51-65(7)8)58-82-69(74)52-44-36-26-22-18-15-14-17-21-25-33-41-49-63(3)4/h62-68,73H,9-61H2,1-8H3,(H,78,79)(H,80,81)/t66?,67-,68-/m1/s1. The molecule has 0 radical (unpaired) electrons. The Hall–Kier alpha value is -1.94. The Labute approximate surface area is 556 Å². The van der Waals surface area contributed by atoms with Crippen molar-refractivity contribution in [2.75, 3.05) is 39.6 Å². The molecule has 0 aromatic heterocycles. The van der Waals surface area contributed by atoms with Crippen molar-refractivity contribution in [1.82, 2.24) is 0 Å². The second-order valence-corrected chi connectivity index (χ2v) is 30.8. The Morgan fingerprint density at radius 2 is 0.462 bits per heavy atom. The first-order valence-corrected chi connectivity index (χ1v) is 40.2. The first-order valence-electron chi connectivity index (χ1n) is 37.2. The molecule has 3 unspecified atom stereocenters. The molecule has 0 aliphatic carbocycles. The summed E-state index contributed by atoms with van der Waals surface area (Å²) in [5.74, 6) is 0.801. The number of hydrogen-bond donors (Lipinski definition) is 3. The molecule has 0 amide bonds. The van der Waals surface area contributed by atoms with E-state index in [1.165, 1.54) is 154 Å². The van der Waals surface area contributed by atoms with Crippen LogP contribution in [0.4, 0.5) is 0 Å². The van der Waals surface area contributed by atoms with Crippen molar-refractivity contribution in [2.24, 2.45) is 23.7 Å². The van der Waals surface area contributed by atoms with Crippen LogP contribution in [0, 0.1) is 23.7 Å². The van der Waals surface area contributed by atoms with E-state index in [0.717, 1.165) is 108 Å². The summed E-state index contributed by atoms with van der Waals surface area (Å²) in [6, 6.07) is 0. The third-order valence-corrected chi connectivity index (χ3v) is 18.5. The van der Waals surface area contributed by atoms with Crippen molar-refractivity contribution in [2.45, 2.75) is 375 Å². The van der Waals surface area contributed by atoms with Crippen molar-refractivity contribution in [3.63, 3.8) is 0 Å². The van der Waals surface area contributed by atoms with Crippen molar-refractivity contribution in [3.8, 4) is 0 Å². The average Bonchev–Trinajstić information content (AvgIpc) is 3.66. The third kappa shape index (κ3) is 66.5. The maximum absolute atomic E-state index is 13.0. The van der Waals surface area contributed by atoms with Gasteiger partial charge < -0.3 is 33.8 Å². The molecule has 19 heteroatoms. The minimum absolute atomic E-state index is 0.102. The van der Waals surface area contributed by atoms with Crippen LogP contribution in [0.3, 0.4) is 0 Å². The van der Waals surface area contributed by atoms with Gasteiger partial charge in [0.05, 0.1) is 26.4 Å².